The maximum absolute atomic E-state index is 3.59. The third-order valence-corrected chi connectivity index (χ3v) is 5.57. The van der Waals surface area contributed by atoms with Crippen LogP contribution in [0, 0.1) is 0 Å². The summed E-state index contributed by atoms with van der Waals surface area (Å²) in [6.07, 6.45) is 3.97. The van der Waals surface area contributed by atoms with Crippen LogP contribution in [-0.4, -0.2) is 0 Å². The molecule has 0 aliphatic rings. The molecule has 2 N–H and O–H groups in total. The lowest BCUT2D eigenvalue weighted by atomic mass is 9.91. The first-order valence-electron chi connectivity index (χ1n) is 10.6. The Morgan fingerprint density at radius 1 is 0.516 bits per heavy atom. The van der Waals surface area contributed by atoms with Gasteiger partial charge in [-0.15, -0.1) is 0 Å². The van der Waals surface area contributed by atoms with E-state index in [1.807, 2.05) is 18.5 Å². The quantitative estimate of drug-likeness (QED) is 0.292. The molecule has 5 aromatic carbocycles. The summed E-state index contributed by atoms with van der Waals surface area (Å²) in [6.45, 7) is 0.795. The molecular formula is C29H24N2. The van der Waals surface area contributed by atoms with Crippen molar-refractivity contribution in [3.05, 3.63) is 127 Å². The molecule has 0 aliphatic heterocycles. The molecule has 2 heteroatoms. The highest BCUT2D eigenvalue weighted by Gasteiger charge is 2.14. The van der Waals surface area contributed by atoms with Crippen LogP contribution < -0.4 is 10.6 Å². The highest BCUT2D eigenvalue weighted by molar-refractivity contribution is 6.20. The van der Waals surface area contributed by atoms with Gasteiger partial charge in [0.15, 0.2) is 0 Å². The lowest BCUT2D eigenvalue weighted by Crippen LogP contribution is -2.05. The summed E-state index contributed by atoms with van der Waals surface area (Å²) in [5, 5.41) is 12.0. The van der Waals surface area contributed by atoms with Gasteiger partial charge in [0.05, 0.1) is 5.69 Å². The lowest BCUT2D eigenvalue weighted by molar-refractivity contribution is 0.869. The Hall–Kier alpha value is -4.04. The van der Waals surface area contributed by atoms with E-state index >= 15 is 0 Å². The normalized spacial score (nSPS) is 11.2. The third-order valence-electron chi connectivity index (χ3n) is 5.57. The predicted octanol–water partition coefficient (Wildman–Crippen LogP) is 7.33. The molecule has 0 unspecified atom stereocenters. The van der Waals surface area contributed by atoms with Crippen molar-refractivity contribution in [1.29, 1.82) is 0 Å². The molecule has 0 radical (unpaired) electrons. The minimum atomic E-state index is 0.795. The first kappa shape index (κ1) is 19.0. The van der Waals surface area contributed by atoms with Gasteiger partial charge in [0.1, 0.15) is 0 Å². The van der Waals surface area contributed by atoms with Crippen LogP contribution in [0.15, 0.2) is 122 Å². The van der Waals surface area contributed by atoms with Crippen LogP contribution in [0.2, 0.25) is 0 Å². The number of hydrogen-bond donors (Lipinski definition) is 2. The molecule has 0 bridgehead atoms. The summed E-state index contributed by atoms with van der Waals surface area (Å²) in [5.41, 5.74) is 4.81. The number of hydrogen-bond acceptors (Lipinski definition) is 2. The first-order chi connectivity index (χ1) is 15.4. The van der Waals surface area contributed by atoms with Gasteiger partial charge < -0.3 is 10.6 Å². The van der Waals surface area contributed by atoms with Crippen molar-refractivity contribution < 1.29 is 0 Å². The van der Waals surface area contributed by atoms with Crippen LogP contribution in [0.3, 0.4) is 0 Å². The summed E-state index contributed by atoms with van der Waals surface area (Å²) in [6, 6.07) is 38.3. The van der Waals surface area contributed by atoms with Gasteiger partial charge in [-0.25, -0.2) is 0 Å². The fraction of sp³-hybridized carbons (Fsp3) is 0.0345. The molecule has 5 rings (SSSR count). The van der Waals surface area contributed by atoms with Crippen molar-refractivity contribution in [1.82, 2.24) is 5.32 Å². The van der Waals surface area contributed by atoms with Gasteiger partial charge in [-0.05, 0) is 27.3 Å². The van der Waals surface area contributed by atoms with Crippen LogP contribution in [0.5, 0.6) is 0 Å². The van der Waals surface area contributed by atoms with E-state index in [0.29, 0.717) is 0 Å². The highest BCUT2D eigenvalue weighted by atomic mass is 14.9. The zero-order valence-corrected chi connectivity index (χ0v) is 17.3. The standard InChI is InChI=1S/C29H24N2/c1-3-11-22(12-4-1)21-30-19-20-31-29-27-18-10-8-16-25(27)24-15-7-9-17-26(24)28(29)23-13-5-2-6-14-23/h1-20,30-31H,21H2. The van der Waals surface area contributed by atoms with Crippen LogP contribution in [-0.2, 0) is 6.54 Å². The number of anilines is 1. The van der Waals surface area contributed by atoms with Gasteiger partial charge in [-0.3, -0.25) is 0 Å². The minimum Gasteiger partial charge on any atom is -0.386 e. The molecule has 0 spiro atoms. The van der Waals surface area contributed by atoms with Gasteiger partial charge in [-0.2, -0.15) is 0 Å². The monoisotopic (exact) mass is 400 g/mol. The molecule has 150 valence electrons. The fourth-order valence-corrected chi connectivity index (χ4v) is 4.15. The number of nitrogens with one attached hydrogen (secondary N) is 2. The number of benzene rings is 5. The largest absolute Gasteiger partial charge is 0.386 e. The van der Waals surface area contributed by atoms with Gasteiger partial charge in [0.2, 0.25) is 0 Å². The van der Waals surface area contributed by atoms with Gasteiger partial charge in [0.25, 0.3) is 0 Å². The van der Waals surface area contributed by atoms with Crippen molar-refractivity contribution in [2.45, 2.75) is 6.54 Å². The molecule has 31 heavy (non-hydrogen) atoms. The number of rotatable bonds is 6. The lowest BCUT2D eigenvalue weighted by Gasteiger charge is -2.18. The van der Waals surface area contributed by atoms with Gasteiger partial charge in [-0.1, -0.05) is 109 Å². The molecule has 0 saturated carbocycles. The zero-order chi connectivity index (χ0) is 20.9. The van der Waals surface area contributed by atoms with Crippen molar-refractivity contribution in [2.24, 2.45) is 0 Å². The summed E-state index contributed by atoms with van der Waals surface area (Å²) < 4.78 is 0. The second-order valence-corrected chi connectivity index (χ2v) is 7.55. The third kappa shape index (κ3) is 3.88. The van der Waals surface area contributed by atoms with E-state index in [9.17, 15) is 0 Å². The van der Waals surface area contributed by atoms with Crippen LogP contribution in [0.25, 0.3) is 32.7 Å². The van der Waals surface area contributed by atoms with Crippen LogP contribution in [0.1, 0.15) is 5.56 Å². The molecule has 0 aliphatic carbocycles. The molecule has 5 aromatic rings. The Labute approximate surface area is 182 Å². The minimum absolute atomic E-state index is 0.795. The molecule has 0 atom stereocenters. The predicted molar refractivity (Wildman–Crippen MR) is 133 cm³/mol. The van der Waals surface area contributed by atoms with E-state index < -0.39 is 0 Å². The van der Waals surface area contributed by atoms with E-state index in [0.717, 1.165) is 12.2 Å². The zero-order valence-electron chi connectivity index (χ0n) is 17.3. The SMILES string of the molecule is C(=CNc1c(-c2ccccc2)c2ccccc2c2ccccc12)NCc1ccccc1. The molecule has 2 nitrogen and oxygen atoms in total. The van der Waals surface area contributed by atoms with Crippen LogP contribution in [0.4, 0.5) is 5.69 Å². The van der Waals surface area contributed by atoms with E-state index in [4.69, 9.17) is 0 Å². The second kappa shape index (κ2) is 8.76. The average molecular weight is 401 g/mol. The van der Waals surface area contributed by atoms with Gasteiger partial charge in [0, 0.05) is 29.9 Å². The van der Waals surface area contributed by atoms with Crippen molar-refractivity contribution in [3.63, 3.8) is 0 Å². The van der Waals surface area contributed by atoms with E-state index in [2.05, 4.69) is 114 Å². The Balaban J connectivity index is 1.57. The van der Waals surface area contributed by atoms with E-state index in [1.165, 1.54) is 38.2 Å². The number of fused-ring (bicyclic) bond motifs is 3. The van der Waals surface area contributed by atoms with Crippen molar-refractivity contribution >= 4 is 27.2 Å². The van der Waals surface area contributed by atoms with Crippen molar-refractivity contribution in [2.75, 3.05) is 5.32 Å². The van der Waals surface area contributed by atoms with Crippen molar-refractivity contribution in [3.8, 4) is 11.1 Å². The summed E-state index contributed by atoms with van der Waals surface area (Å²) in [5.74, 6) is 0. The summed E-state index contributed by atoms with van der Waals surface area (Å²) >= 11 is 0. The van der Waals surface area contributed by atoms with E-state index in [-0.39, 0.29) is 0 Å². The summed E-state index contributed by atoms with van der Waals surface area (Å²) in [4.78, 5) is 0. The Kier molecular flexibility index (Phi) is 5.36. The molecule has 0 heterocycles. The van der Waals surface area contributed by atoms with Crippen LogP contribution >= 0.6 is 0 Å². The first-order valence-corrected chi connectivity index (χ1v) is 10.6. The molecule has 0 fully saturated rings. The summed E-state index contributed by atoms with van der Waals surface area (Å²) in [7, 11) is 0. The maximum atomic E-state index is 3.59. The maximum Gasteiger partial charge on any atom is 0.0546 e. The van der Waals surface area contributed by atoms with Gasteiger partial charge >= 0.3 is 0 Å². The Bertz CT molecular complexity index is 1340. The molecular weight excluding hydrogens is 376 g/mol. The molecule has 0 amide bonds. The molecule has 0 aromatic heterocycles. The Morgan fingerprint density at radius 3 is 1.77 bits per heavy atom. The average Bonchev–Trinajstić information content (AvgIpc) is 2.85. The topological polar surface area (TPSA) is 24.1 Å². The second-order valence-electron chi connectivity index (χ2n) is 7.55. The fourth-order valence-electron chi connectivity index (χ4n) is 4.15. The van der Waals surface area contributed by atoms with E-state index in [1.54, 1.807) is 0 Å². The smallest absolute Gasteiger partial charge is 0.0546 e. The molecule has 0 saturated heterocycles. The highest BCUT2D eigenvalue weighted by Crippen LogP contribution is 2.42. The Morgan fingerprint density at radius 2 is 1.06 bits per heavy atom.